The summed E-state index contributed by atoms with van der Waals surface area (Å²) in [5.74, 6) is 0.970. The lowest BCUT2D eigenvalue weighted by atomic mass is 9.63. The molecule has 4 aliphatic carbocycles. The molecule has 0 spiro atoms. The lowest BCUT2D eigenvalue weighted by Crippen LogP contribution is -2.40. The number of carbonyl (C=O) groups excluding carboxylic acids is 3. The predicted molar refractivity (Wildman–Crippen MR) is 115 cm³/mol. The molecule has 5 heteroatoms. The zero-order valence-electron chi connectivity index (χ0n) is 17.4. The summed E-state index contributed by atoms with van der Waals surface area (Å²) in [4.78, 5) is 40.3. The minimum Gasteiger partial charge on any atom is -0.423 e. The molecule has 2 amide bonds. The first-order valence-corrected chi connectivity index (χ1v) is 10.9. The maximum Gasteiger partial charge on any atom is 0.343 e. The number of benzene rings is 2. The summed E-state index contributed by atoms with van der Waals surface area (Å²) in [7, 11) is 0. The first kappa shape index (κ1) is 18.6. The smallest absolute Gasteiger partial charge is 0.343 e. The highest BCUT2D eigenvalue weighted by Gasteiger charge is 2.67. The number of anilines is 1. The van der Waals surface area contributed by atoms with Gasteiger partial charge in [-0.3, -0.25) is 14.5 Å². The molecule has 7 rings (SSSR count). The Bertz CT molecular complexity index is 1110. The van der Waals surface area contributed by atoms with Gasteiger partial charge in [0, 0.05) is 0 Å². The average molecular weight is 413 g/mol. The van der Waals surface area contributed by atoms with Crippen molar-refractivity contribution in [1.29, 1.82) is 0 Å². The van der Waals surface area contributed by atoms with Crippen LogP contribution in [0.5, 0.6) is 5.75 Å². The van der Waals surface area contributed by atoms with E-state index in [1.54, 1.807) is 24.3 Å². The SMILES string of the molecule is Cc1cc(C)cc(OC(=O)c2ccc(N3C(=O)[C@H]4[C@@H]5C=C[C@H]([C@H]6C[C@H]56)[C@@H]4C3=O)cc2)c1. The molecule has 3 fully saturated rings. The zero-order chi connectivity index (χ0) is 21.4. The quantitative estimate of drug-likeness (QED) is 0.329. The van der Waals surface area contributed by atoms with E-state index < -0.39 is 5.97 Å². The fraction of sp³-hybridized carbons (Fsp3) is 0.346. The number of ether oxygens (including phenoxy) is 1. The molecule has 2 bridgehead atoms. The monoisotopic (exact) mass is 413 g/mol. The van der Waals surface area contributed by atoms with Crippen LogP contribution in [-0.2, 0) is 9.59 Å². The maximum atomic E-state index is 13.2. The lowest BCUT2D eigenvalue weighted by Gasteiger charge is -2.37. The van der Waals surface area contributed by atoms with Gasteiger partial charge in [0.1, 0.15) is 5.75 Å². The molecule has 2 aromatic rings. The van der Waals surface area contributed by atoms with Crippen LogP contribution in [0.2, 0.25) is 0 Å². The Balaban J connectivity index is 1.23. The minimum atomic E-state index is -0.466. The van der Waals surface area contributed by atoms with Crippen molar-refractivity contribution < 1.29 is 19.1 Å². The Hall–Kier alpha value is -3.21. The minimum absolute atomic E-state index is 0.0923. The summed E-state index contributed by atoms with van der Waals surface area (Å²) < 4.78 is 5.51. The van der Waals surface area contributed by atoms with Crippen LogP contribution in [0.15, 0.2) is 54.6 Å². The molecule has 2 saturated carbocycles. The normalized spacial score (nSPS) is 32.1. The van der Waals surface area contributed by atoms with E-state index in [0.29, 0.717) is 28.8 Å². The molecule has 31 heavy (non-hydrogen) atoms. The van der Waals surface area contributed by atoms with E-state index in [2.05, 4.69) is 12.2 Å². The molecule has 1 heterocycles. The van der Waals surface area contributed by atoms with Crippen LogP contribution >= 0.6 is 0 Å². The van der Waals surface area contributed by atoms with Gasteiger partial charge in [-0.2, -0.15) is 0 Å². The van der Waals surface area contributed by atoms with Gasteiger partial charge in [-0.25, -0.2) is 4.79 Å². The number of rotatable bonds is 3. The topological polar surface area (TPSA) is 63.7 Å². The molecule has 0 N–H and O–H groups in total. The van der Waals surface area contributed by atoms with Crippen molar-refractivity contribution >= 4 is 23.5 Å². The van der Waals surface area contributed by atoms with Crippen LogP contribution in [0.3, 0.4) is 0 Å². The Morgan fingerprint density at radius 1 is 0.871 bits per heavy atom. The summed E-state index contributed by atoms with van der Waals surface area (Å²) in [5, 5.41) is 0. The molecular weight excluding hydrogens is 390 g/mol. The Morgan fingerprint density at radius 3 is 1.97 bits per heavy atom. The third kappa shape index (κ3) is 2.72. The van der Waals surface area contributed by atoms with E-state index >= 15 is 0 Å². The third-order valence-corrected chi connectivity index (χ3v) is 7.43. The number of carbonyl (C=O) groups is 3. The number of nitrogens with zero attached hydrogens (tertiary/aromatic N) is 1. The van der Waals surface area contributed by atoms with E-state index in [1.165, 1.54) is 4.90 Å². The number of allylic oxidation sites excluding steroid dienone is 2. The molecule has 0 unspecified atom stereocenters. The van der Waals surface area contributed by atoms with Gasteiger partial charge in [0.05, 0.1) is 23.1 Å². The fourth-order valence-corrected chi connectivity index (χ4v) is 6.12. The average Bonchev–Trinajstić information content (AvgIpc) is 3.51. The van der Waals surface area contributed by atoms with E-state index in [9.17, 15) is 14.4 Å². The van der Waals surface area contributed by atoms with E-state index in [0.717, 1.165) is 17.5 Å². The number of amides is 2. The number of hydrogen-bond donors (Lipinski definition) is 0. The van der Waals surface area contributed by atoms with Gasteiger partial charge < -0.3 is 4.74 Å². The third-order valence-electron chi connectivity index (χ3n) is 7.43. The number of aryl methyl sites for hydroxylation is 2. The van der Waals surface area contributed by atoms with Crippen molar-refractivity contribution in [2.45, 2.75) is 20.3 Å². The highest BCUT2D eigenvalue weighted by atomic mass is 16.5. The number of hydrogen-bond acceptors (Lipinski definition) is 4. The summed E-state index contributed by atoms with van der Waals surface area (Å²) in [6.45, 7) is 3.90. The van der Waals surface area contributed by atoms with Crippen LogP contribution in [0, 0.1) is 49.4 Å². The van der Waals surface area contributed by atoms with Crippen molar-refractivity contribution in [3.8, 4) is 5.75 Å². The van der Waals surface area contributed by atoms with Crippen molar-refractivity contribution in [3.63, 3.8) is 0 Å². The molecule has 5 nitrogen and oxygen atoms in total. The molecule has 2 aromatic carbocycles. The molecule has 0 aromatic heterocycles. The zero-order valence-corrected chi connectivity index (χ0v) is 17.4. The standard InChI is InChI=1S/C26H23NO4/c1-13-9-14(2)11-17(10-13)31-26(30)15-3-5-16(6-4-15)27-24(28)22-18-7-8-19(21-12-20(18)21)23(22)25(27)29/h3-11,18-23H,12H2,1-2H3/t18-,19-,20-,21-,22+,23+/m1/s1. The second-order valence-corrected chi connectivity index (χ2v) is 9.43. The van der Waals surface area contributed by atoms with Gasteiger partial charge >= 0.3 is 5.97 Å². The first-order chi connectivity index (χ1) is 14.9. The second kappa shape index (κ2) is 6.39. The van der Waals surface area contributed by atoms with Crippen molar-refractivity contribution in [2.75, 3.05) is 4.90 Å². The summed E-state index contributed by atoms with van der Waals surface area (Å²) in [6, 6.07) is 12.2. The highest BCUT2D eigenvalue weighted by molar-refractivity contribution is 6.22. The van der Waals surface area contributed by atoms with Gasteiger partial charge in [0.15, 0.2) is 0 Å². The molecule has 156 valence electrons. The van der Waals surface area contributed by atoms with Gasteiger partial charge in [0.2, 0.25) is 11.8 Å². The van der Waals surface area contributed by atoms with Gasteiger partial charge in [0.25, 0.3) is 0 Å². The summed E-state index contributed by atoms with van der Waals surface area (Å²) in [6.07, 6.45) is 5.48. The Labute approximate surface area is 180 Å². The fourth-order valence-electron chi connectivity index (χ4n) is 6.12. The van der Waals surface area contributed by atoms with Crippen LogP contribution in [-0.4, -0.2) is 17.8 Å². The summed E-state index contributed by atoms with van der Waals surface area (Å²) >= 11 is 0. The van der Waals surface area contributed by atoms with Crippen molar-refractivity contribution in [2.24, 2.45) is 35.5 Å². The molecule has 1 saturated heterocycles. The largest absolute Gasteiger partial charge is 0.423 e. The van der Waals surface area contributed by atoms with Gasteiger partial charge in [-0.1, -0.05) is 18.2 Å². The maximum absolute atomic E-state index is 13.2. The Morgan fingerprint density at radius 2 is 1.42 bits per heavy atom. The highest BCUT2D eigenvalue weighted by Crippen LogP contribution is 2.65. The van der Waals surface area contributed by atoms with Crippen LogP contribution in [0.25, 0.3) is 0 Å². The Kier molecular flexibility index (Phi) is 3.83. The molecular formula is C26H23NO4. The van der Waals surface area contributed by atoms with Crippen LogP contribution < -0.4 is 9.64 Å². The van der Waals surface area contributed by atoms with Crippen molar-refractivity contribution in [3.05, 3.63) is 71.3 Å². The van der Waals surface area contributed by atoms with Gasteiger partial charge in [-0.05, 0) is 91.5 Å². The molecule has 5 aliphatic rings. The van der Waals surface area contributed by atoms with Crippen molar-refractivity contribution in [1.82, 2.24) is 0 Å². The van der Waals surface area contributed by atoms with Crippen LogP contribution in [0.4, 0.5) is 5.69 Å². The summed E-state index contributed by atoms with van der Waals surface area (Å²) in [5.41, 5.74) is 2.95. The van der Waals surface area contributed by atoms with E-state index in [1.807, 2.05) is 32.0 Å². The number of imide groups is 1. The first-order valence-electron chi connectivity index (χ1n) is 10.9. The predicted octanol–water partition coefficient (Wildman–Crippen LogP) is 4.08. The van der Waals surface area contributed by atoms with E-state index in [4.69, 9.17) is 4.74 Å². The number of esters is 1. The molecule has 0 radical (unpaired) electrons. The second-order valence-electron chi connectivity index (χ2n) is 9.43. The molecule has 6 atom stereocenters. The van der Waals surface area contributed by atoms with Crippen LogP contribution in [0.1, 0.15) is 27.9 Å². The van der Waals surface area contributed by atoms with E-state index in [-0.39, 0.29) is 35.5 Å². The van der Waals surface area contributed by atoms with Gasteiger partial charge in [-0.15, -0.1) is 0 Å². The lowest BCUT2D eigenvalue weighted by molar-refractivity contribution is -0.124. The molecule has 1 aliphatic heterocycles.